The van der Waals surface area contributed by atoms with Gasteiger partial charge in [-0.05, 0) is 45.2 Å². The molecular weight excluding hydrogens is 349 g/mol. The van der Waals surface area contributed by atoms with Crippen molar-refractivity contribution in [3.05, 3.63) is 24.3 Å². The quantitative estimate of drug-likeness (QED) is 0.793. The molecule has 8 heteroatoms. The van der Waals surface area contributed by atoms with Crippen molar-refractivity contribution in [3.8, 4) is 5.75 Å². The molecule has 0 heterocycles. The van der Waals surface area contributed by atoms with E-state index in [1.165, 1.54) is 0 Å². The van der Waals surface area contributed by atoms with Gasteiger partial charge in [0, 0.05) is 6.04 Å². The second kappa shape index (κ2) is 8.42. The Morgan fingerprint density at radius 3 is 2.50 bits per heavy atom. The van der Waals surface area contributed by atoms with Crippen LogP contribution < -0.4 is 15.4 Å². The zero-order valence-corrected chi connectivity index (χ0v) is 14.7. The molecule has 1 aliphatic rings. The highest BCUT2D eigenvalue weighted by Gasteiger charge is 2.42. The van der Waals surface area contributed by atoms with Gasteiger partial charge < -0.3 is 15.4 Å². The van der Waals surface area contributed by atoms with Gasteiger partial charge in [-0.3, -0.25) is 9.59 Å². The molecule has 2 rings (SSSR count). The van der Waals surface area contributed by atoms with E-state index in [1.54, 1.807) is 24.3 Å². The number of hydrogen-bond acceptors (Lipinski definition) is 3. The third-order valence-corrected chi connectivity index (χ3v) is 4.18. The fourth-order valence-corrected chi connectivity index (χ4v) is 2.97. The third kappa shape index (κ3) is 5.64. The molecule has 2 atom stereocenters. The molecule has 26 heavy (non-hydrogen) atoms. The minimum absolute atomic E-state index is 0.0575. The van der Waals surface area contributed by atoms with Crippen molar-refractivity contribution in [2.45, 2.75) is 57.9 Å². The van der Waals surface area contributed by atoms with Crippen LogP contribution in [0.25, 0.3) is 0 Å². The lowest BCUT2D eigenvalue weighted by molar-refractivity contribution is -0.184. The fourth-order valence-electron chi connectivity index (χ4n) is 2.97. The molecule has 0 spiro atoms. The van der Waals surface area contributed by atoms with Gasteiger partial charge in [0.1, 0.15) is 5.75 Å². The summed E-state index contributed by atoms with van der Waals surface area (Å²) in [5, 5.41) is 4.86. The Bertz CT molecular complexity index is 647. The van der Waals surface area contributed by atoms with Gasteiger partial charge in [-0.2, -0.15) is 13.2 Å². The first kappa shape index (κ1) is 20.1. The molecule has 144 valence electrons. The predicted molar refractivity (Wildman–Crippen MR) is 90.8 cm³/mol. The smallest absolute Gasteiger partial charge is 0.391 e. The standard InChI is InChI=1S/C18H23F3N2O3/c1-11(2)26-15-9-4-3-8-14(15)23-17(25)16(24)22-13-7-5-6-12(10-13)18(19,20)21/h3-4,8-9,11-13H,5-7,10H2,1-2H3,(H,22,24)(H,23,25)/t12-,13+/m0/s1. The number of carbonyl (C=O) groups excluding carboxylic acids is 2. The molecular formula is C18H23F3N2O3. The number of carbonyl (C=O) groups is 2. The predicted octanol–water partition coefficient (Wildman–Crippen LogP) is 3.65. The Balaban J connectivity index is 1.95. The van der Waals surface area contributed by atoms with Crippen LogP contribution in [0.2, 0.25) is 0 Å². The van der Waals surface area contributed by atoms with Crippen molar-refractivity contribution >= 4 is 17.5 Å². The summed E-state index contributed by atoms with van der Waals surface area (Å²) in [5.41, 5.74) is 0.332. The molecule has 0 saturated heterocycles. The van der Waals surface area contributed by atoms with Gasteiger partial charge in [0.15, 0.2) is 0 Å². The van der Waals surface area contributed by atoms with Crippen LogP contribution in [-0.2, 0) is 9.59 Å². The first-order valence-electron chi connectivity index (χ1n) is 8.61. The summed E-state index contributed by atoms with van der Waals surface area (Å²) in [5.74, 6) is -2.90. The van der Waals surface area contributed by atoms with E-state index in [2.05, 4.69) is 10.6 Å². The highest BCUT2D eigenvalue weighted by molar-refractivity contribution is 6.39. The molecule has 0 aromatic heterocycles. The zero-order valence-electron chi connectivity index (χ0n) is 14.7. The summed E-state index contributed by atoms with van der Waals surface area (Å²) in [6, 6.07) is 5.99. The number of amides is 2. The molecule has 1 saturated carbocycles. The molecule has 0 bridgehead atoms. The number of nitrogens with one attached hydrogen (secondary N) is 2. The van der Waals surface area contributed by atoms with Crippen molar-refractivity contribution in [2.75, 3.05) is 5.32 Å². The molecule has 1 aliphatic carbocycles. The van der Waals surface area contributed by atoms with Crippen molar-refractivity contribution < 1.29 is 27.5 Å². The molecule has 1 fully saturated rings. The van der Waals surface area contributed by atoms with Gasteiger partial charge >= 0.3 is 18.0 Å². The maximum Gasteiger partial charge on any atom is 0.391 e. The first-order chi connectivity index (χ1) is 12.2. The van der Waals surface area contributed by atoms with E-state index < -0.39 is 30.0 Å². The first-order valence-corrected chi connectivity index (χ1v) is 8.61. The number of alkyl halides is 3. The van der Waals surface area contributed by atoms with E-state index in [4.69, 9.17) is 4.74 Å². The number of anilines is 1. The zero-order chi connectivity index (χ0) is 19.3. The molecule has 0 aliphatic heterocycles. The van der Waals surface area contributed by atoms with Crippen molar-refractivity contribution in [3.63, 3.8) is 0 Å². The average Bonchev–Trinajstić information content (AvgIpc) is 2.55. The third-order valence-electron chi connectivity index (χ3n) is 4.18. The van der Waals surface area contributed by atoms with Crippen LogP contribution in [0.15, 0.2) is 24.3 Å². The number of halogens is 3. The lowest BCUT2D eigenvalue weighted by Gasteiger charge is -2.30. The second-order valence-corrected chi connectivity index (χ2v) is 6.69. The molecule has 0 unspecified atom stereocenters. The number of para-hydroxylation sites is 2. The number of rotatable bonds is 4. The van der Waals surface area contributed by atoms with E-state index in [-0.39, 0.29) is 18.9 Å². The Kier molecular flexibility index (Phi) is 6.50. The normalized spacial score (nSPS) is 20.5. The summed E-state index contributed by atoms with van der Waals surface area (Å²) in [6.45, 7) is 3.65. The topological polar surface area (TPSA) is 67.4 Å². The Morgan fingerprint density at radius 2 is 1.85 bits per heavy atom. The lowest BCUT2D eigenvalue weighted by atomic mass is 9.85. The fraction of sp³-hybridized carbons (Fsp3) is 0.556. The largest absolute Gasteiger partial charge is 0.489 e. The van der Waals surface area contributed by atoms with Gasteiger partial charge in [0.2, 0.25) is 0 Å². The van der Waals surface area contributed by atoms with Crippen LogP contribution in [0.1, 0.15) is 39.5 Å². The van der Waals surface area contributed by atoms with Crippen molar-refractivity contribution in [1.82, 2.24) is 5.32 Å². The highest BCUT2D eigenvalue weighted by Crippen LogP contribution is 2.37. The molecule has 1 aromatic carbocycles. The Hall–Kier alpha value is -2.25. The van der Waals surface area contributed by atoms with E-state index >= 15 is 0 Å². The van der Waals surface area contributed by atoms with Crippen LogP contribution in [0, 0.1) is 5.92 Å². The van der Waals surface area contributed by atoms with E-state index in [0.29, 0.717) is 24.3 Å². The molecule has 2 N–H and O–H groups in total. The summed E-state index contributed by atoms with van der Waals surface area (Å²) in [4.78, 5) is 24.2. The van der Waals surface area contributed by atoms with Crippen LogP contribution in [0.3, 0.4) is 0 Å². The SMILES string of the molecule is CC(C)Oc1ccccc1NC(=O)C(=O)N[C@@H]1CCC[C@H](C(F)(F)F)C1. The molecule has 2 amide bonds. The maximum atomic E-state index is 12.8. The summed E-state index contributed by atoms with van der Waals surface area (Å²) < 4.78 is 44.1. The van der Waals surface area contributed by atoms with Gasteiger partial charge in [0.25, 0.3) is 0 Å². The minimum Gasteiger partial charge on any atom is -0.489 e. The highest BCUT2D eigenvalue weighted by atomic mass is 19.4. The minimum atomic E-state index is -4.28. The van der Waals surface area contributed by atoms with Gasteiger partial charge in [0.05, 0.1) is 17.7 Å². The average molecular weight is 372 g/mol. The monoisotopic (exact) mass is 372 g/mol. The molecule has 5 nitrogen and oxygen atoms in total. The van der Waals surface area contributed by atoms with E-state index in [1.807, 2.05) is 13.8 Å². The van der Waals surface area contributed by atoms with Crippen LogP contribution in [0.5, 0.6) is 5.75 Å². The van der Waals surface area contributed by atoms with Crippen molar-refractivity contribution in [2.24, 2.45) is 5.92 Å². The summed E-state index contributed by atoms with van der Waals surface area (Å²) in [7, 11) is 0. The number of ether oxygens (including phenoxy) is 1. The van der Waals surface area contributed by atoms with Crippen LogP contribution in [0.4, 0.5) is 18.9 Å². The second-order valence-electron chi connectivity index (χ2n) is 6.69. The Morgan fingerprint density at radius 1 is 1.15 bits per heavy atom. The molecule has 0 radical (unpaired) electrons. The van der Waals surface area contributed by atoms with Crippen LogP contribution >= 0.6 is 0 Å². The van der Waals surface area contributed by atoms with Crippen molar-refractivity contribution in [1.29, 1.82) is 0 Å². The van der Waals surface area contributed by atoms with Gasteiger partial charge in [-0.25, -0.2) is 0 Å². The van der Waals surface area contributed by atoms with Gasteiger partial charge in [-0.15, -0.1) is 0 Å². The molecule has 1 aromatic rings. The maximum absolute atomic E-state index is 12.8. The van der Waals surface area contributed by atoms with E-state index in [0.717, 1.165) is 0 Å². The number of benzene rings is 1. The summed E-state index contributed by atoms with van der Waals surface area (Å²) in [6.07, 6.45) is -3.75. The number of hydrogen-bond donors (Lipinski definition) is 2. The Labute approximate surface area is 150 Å². The summed E-state index contributed by atoms with van der Waals surface area (Å²) >= 11 is 0. The van der Waals surface area contributed by atoms with E-state index in [9.17, 15) is 22.8 Å². The van der Waals surface area contributed by atoms with Crippen LogP contribution in [-0.4, -0.2) is 30.1 Å². The van der Waals surface area contributed by atoms with Gasteiger partial charge in [-0.1, -0.05) is 18.6 Å². The lowest BCUT2D eigenvalue weighted by Crippen LogP contribution is -2.45.